The van der Waals surface area contributed by atoms with Crippen molar-refractivity contribution in [2.24, 2.45) is 5.92 Å². The average Bonchev–Trinajstić information content (AvgIpc) is 2.46. The summed E-state index contributed by atoms with van der Waals surface area (Å²) in [6, 6.07) is 10.4. The van der Waals surface area contributed by atoms with Gasteiger partial charge in [0, 0.05) is 22.1 Å². The first-order valence-corrected chi connectivity index (χ1v) is 9.90. The van der Waals surface area contributed by atoms with Crippen molar-refractivity contribution in [3.8, 4) is 0 Å². The van der Waals surface area contributed by atoms with Crippen LogP contribution in [0.2, 0.25) is 0 Å². The molecule has 126 valence electrons. The van der Waals surface area contributed by atoms with Gasteiger partial charge in [-0.1, -0.05) is 28.9 Å². The summed E-state index contributed by atoms with van der Waals surface area (Å²) in [6.07, 6.45) is 1.93. The third-order valence-corrected chi connectivity index (χ3v) is 5.76. The smallest absolute Gasteiger partial charge is 0.0970 e. The van der Waals surface area contributed by atoms with Crippen molar-refractivity contribution in [1.29, 1.82) is 0 Å². The number of nitrogens with zero attached hydrogens (tertiary/aromatic N) is 1. The van der Waals surface area contributed by atoms with Gasteiger partial charge in [0.2, 0.25) is 0 Å². The highest BCUT2D eigenvalue weighted by Crippen LogP contribution is 2.20. The highest BCUT2D eigenvalue weighted by Gasteiger charge is 2.19. The summed E-state index contributed by atoms with van der Waals surface area (Å²) < 4.78 is 15.9. The Morgan fingerprint density at radius 3 is 2.70 bits per heavy atom. The number of halogens is 1. The maximum atomic E-state index is 12.0. The molecule has 2 unspecified atom stereocenters. The zero-order valence-electron chi connectivity index (χ0n) is 14.2. The Labute approximate surface area is 150 Å². The Kier molecular flexibility index (Phi) is 6.34. The molecule has 0 bridgehead atoms. The van der Waals surface area contributed by atoms with Crippen LogP contribution in [0.4, 0.5) is 0 Å². The maximum Gasteiger partial charge on any atom is 0.0970 e. The molecule has 23 heavy (non-hydrogen) atoms. The number of rotatable bonds is 6. The molecular weight excluding hydrogens is 372 g/mol. The van der Waals surface area contributed by atoms with Crippen LogP contribution in [0.25, 0.3) is 10.9 Å². The van der Waals surface area contributed by atoms with E-state index in [0.29, 0.717) is 5.92 Å². The molecule has 1 N–H and O–H groups in total. The van der Waals surface area contributed by atoms with Crippen LogP contribution in [-0.2, 0) is 17.4 Å². The molecule has 0 aliphatic heterocycles. The Balaban J connectivity index is 1.89. The van der Waals surface area contributed by atoms with Crippen molar-refractivity contribution >= 4 is 37.8 Å². The molecule has 0 fully saturated rings. The summed E-state index contributed by atoms with van der Waals surface area (Å²) >= 11 is 3.49. The highest BCUT2D eigenvalue weighted by atomic mass is 79.9. The van der Waals surface area contributed by atoms with Gasteiger partial charge < -0.3 is 0 Å². The fourth-order valence-corrected chi connectivity index (χ4v) is 3.44. The van der Waals surface area contributed by atoms with Crippen molar-refractivity contribution in [3.63, 3.8) is 0 Å². The van der Waals surface area contributed by atoms with E-state index < -0.39 is 11.0 Å². The lowest BCUT2D eigenvalue weighted by molar-refractivity contribution is 0.519. The first-order chi connectivity index (χ1) is 10.8. The van der Waals surface area contributed by atoms with Crippen molar-refractivity contribution in [3.05, 3.63) is 40.5 Å². The van der Waals surface area contributed by atoms with E-state index in [4.69, 9.17) is 4.98 Å². The highest BCUT2D eigenvalue weighted by molar-refractivity contribution is 9.10. The first-order valence-electron chi connectivity index (χ1n) is 7.96. The van der Waals surface area contributed by atoms with Crippen LogP contribution in [-0.4, -0.2) is 20.5 Å². The van der Waals surface area contributed by atoms with Gasteiger partial charge in [0.25, 0.3) is 0 Å². The second kappa shape index (κ2) is 7.86. The van der Waals surface area contributed by atoms with E-state index in [0.717, 1.165) is 40.5 Å². The van der Waals surface area contributed by atoms with E-state index in [1.807, 2.05) is 32.9 Å². The largest absolute Gasteiger partial charge is 0.253 e. The fraction of sp³-hybridized carbons (Fsp3) is 0.500. The van der Waals surface area contributed by atoms with Gasteiger partial charge in [-0.05, 0) is 63.8 Å². The second-order valence-corrected chi connectivity index (χ2v) is 9.98. The standard InChI is InChI=1S/C18H25BrN2OS/c1-13(9-10-20-23(22)18(2,3)4)11-16-7-5-14-12-15(19)6-8-17(14)21-16/h5-8,12-13,20H,9-11H2,1-4H3. The Morgan fingerprint density at radius 2 is 2.00 bits per heavy atom. The monoisotopic (exact) mass is 396 g/mol. The number of fused-ring (bicyclic) bond motifs is 1. The summed E-state index contributed by atoms with van der Waals surface area (Å²) in [5.74, 6) is 0.500. The summed E-state index contributed by atoms with van der Waals surface area (Å²) in [5.41, 5.74) is 2.15. The van der Waals surface area contributed by atoms with E-state index in [9.17, 15) is 4.21 Å². The molecule has 0 amide bonds. The molecule has 5 heteroatoms. The lowest BCUT2D eigenvalue weighted by Crippen LogP contribution is -2.34. The number of aromatic nitrogens is 1. The summed E-state index contributed by atoms with van der Waals surface area (Å²) in [4.78, 5) is 4.74. The topological polar surface area (TPSA) is 42.0 Å². The quantitative estimate of drug-likeness (QED) is 0.773. The van der Waals surface area contributed by atoms with Crippen LogP contribution in [0, 0.1) is 5.92 Å². The Morgan fingerprint density at radius 1 is 1.26 bits per heavy atom. The molecule has 0 radical (unpaired) electrons. The van der Waals surface area contributed by atoms with E-state index in [1.165, 1.54) is 0 Å². The normalized spacial score (nSPS) is 14.8. The van der Waals surface area contributed by atoms with Crippen LogP contribution in [0.1, 0.15) is 39.8 Å². The van der Waals surface area contributed by atoms with Crippen LogP contribution >= 0.6 is 15.9 Å². The van der Waals surface area contributed by atoms with Gasteiger partial charge in [-0.3, -0.25) is 4.98 Å². The van der Waals surface area contributed by atoms with Gasteiger partial charge in [-0.25, -0.2) is 8.93 Å². The summed E-state index contributed by atoms with van der Waals surface area (Å²) in [7, 11) is -0.991. The third-order valence-electron chi connectivity index (χ3n) is 3.69. The van der Waals surface area contributed by atoms with Crippen molar-refractivity contribution < 1.29 is 4.21 Å². The van der Waals surface area contributed by atoms with E-state index >= 15 is 0 Å². The molecule has 3 nitrogen and oxygen atoms in total. The van der Waals surface area contributed by atoms with Gasteiger partial charge in [-0.2, -0.15) is 0 Å². The average molecular weight is 397 g/mol. The fourth-order valence-electron chi connectivity index (χ4n) is 2.33. The van der Waals surface area contributed by atoms with Gasteiger partial charge in [-0.15, -0.1) is 0 Å². The van der Waals surface area contributed by atoms with Crippen molar-refractivity contribution in [2.75, 3.05) is 6.54 Å². The number of benzene rings is 1. The molecule has 2 rings (SSSR count). The molecule has 1 aromatic heterocycles. The Bertz CT molecular complexity index is 697. The predicted molar refractivity (Wildman–Crippen MR) is 103 cm³/mol. The van der Waals surface area contributed by atoms with E-state index in [1.54, 1.807) is 0 Å². The summed E-state index contributed by atoms with van der Waals surface area (Å²) in [6.45, 7) is 8.94. The minimum absolute atomic E-state index is 0.211. The molecule has 1 aromatic carbocycles. The van der Waals surface area contributed by atoms with E-state index in [-0.39, 0.29) is 4.75 Å². The van der Waals surface area contributed by atoms with Gasteiger partial charge in [0.1, 0.15) is 0 Å². The molecule has 2 aromatic rings. The van der Waals surface area contributed by atoms with E-state index in [2.05, 4.69) is 45.8 Å². The molecule has 1 heterocycles. The van der Waals surface area contributed by atoms with Crippen LogP contribution in [0.3, 0.4) is 0 Å². The molecular formula is C18H25BrN2OS. The van der Waals surface area contributed by atoms with Gasteiger partial charge >= 0.3 is 0 Å². The molecule has 0 aliphatic rings. The third kappa shape index (κ3) is 5.66. The maximum absolute atomic E-state index is 12.0. The summed E-state index contributed by atoms with van der Waals surface area (Å²) in [5, 5.41) is 1.15. The zero-order valence-corrected chi connectivity index (χ0v) is 16.6. The molecule has 0 aliphatic carbocycles. The molecule has 0 saturated carbocycles. The lowest BCUT2D eigenvalue weighted by Gasteiger charge is -2.19. The van der Waals surface area contributed by atoms with Crippen molar-refractivity contribution in [1.82, 2.24) is 9.71 Å². The Hall–Kier alpha value is -0.780. The minimum Gasteiger partial charge on any atom is -0.253 e. The van der Waals surface area contributed by atoms with Crippen LogP contribution < -0.4 is 4.72 Å². The predicted octanol–water partition coefficient (Wildman–Crippen LogP) is 4.62. The molecule has 0 spiro atoms. The van der Waals surface area contributed by atoms with Crippen LogP contribution in [0.15, 0.2) is 34.8 Å². The van der Waals surface area contributed by atoms with Crippen LogP contribution in [0.5, 0.6) is 0 Å². The number of hydrogen-bond donors (Lipinski definition) is 1. The van der Waals surface area contributed by atoms with Gasteiger partial charge in [0.15, 0.2) is 0 Å². The first kappa shape index (κ1) is 18.6. The number of nitrogens with one attached hydrogen (secondary N) is 1. The zero-order chi connectivity index (χ0) is 17.0. The number of hydrogen-bond acceptors (Lipinski definition) is 2. The van der Waals surface area contributed by atoms with Crippen molar-refractivity contribution in [2.45, 2.75) is 45.3 Å². The lowest BCUT2D eigenvalue weighted by atomic mass is 10.0. The number of pyridine rings is 1. The molecule has 0 saturated heterocycles. The second-order valence-electron chi connectivity index (χ2n) is 7.01. The van der Waals surface area contributed by atoms with Gasteiger partial charge in [0.05, 0.1) is 21.2 Å². The SMILES string of the molecule is CC(CCNS(=O)C(C)(C)C)Cc1ccc2cc(Br)ccc2n1. The minimum atomic E-state index is -0.991. The molecule has 2 atom stereocenters.